The van der Waals surface area contributed by atoms with Gasteiger partial charge in [-0.1, -0.05) is 107 Å². The molecule has 140 heavy (non-hydrogen) atoms. The second kappa shape index (κ2) is 45.7. The van der Waals surface area contributed by atoms with Crippen molar-refractivity contribution in [1.82, 2.24) is 36.8 Å². The van der Waals surface area contributed by atoms with E-state index in [4.69, 9.17) is 77.0 Å². The summed E-state index contributed by atoms with van der Waals surface area (Å²) in [6.07, 6.45) is 0. The van der Waals surface area contributed by atoms with Crippen LogP contribution >= 0.6 is 58.0 Å². The van der Waals surface area contributed by atoms with E-state index in [0.717, 1.165) is 33.9 Å². The number of piperazine rings is 4. The molecule has 16 rings (SSSR count). The predicted molar refractivity (Wildman–Crippen MR) is 524 cm³/mol. The average Bonchev–Trinajstić information content (AvgIpc) is 0.784. The molecule has 4 heterocycles. The molecule has 4 aliphatic heterocycles. The molecule has 0 saturated carbocycles. The molecule has 0 N–H and O–H groups in total. The van der Waals surface area contributed by atoms with Gasteiger partial charge in [0.1, 0.15) is 77.2 Å². The molecular weight excluding hydrogens is 1980 g/mol. The number of hydrogen-bond donors (Lipinski definition) is 0. The Morgan fingerprint density at radius 1 is 0.293 bits per heavy atom. The number of nitriles is 4. The normalized spacial score (nSPS) is 14.4. The third kappa shape index (κ3) is 25.4. The Hall–Kier alpha value is -13.4. The van der Waals surface area contributed by atoms with Crippen molar-refractivity contribution in [3.63, 3.8) is 0 Å². The van der Waals surface area contributed by atoms with Crippen molar-refractivity contribution in [3.05, 3.63) is 352 Å². The number of amides is 4. The Balaban J connectivity index is 0.000000157. The summed E-state index contributed by atoms with van der Waals surface area (Å²) in [5.41, 5.74) is 6.10. The maximum Gasteiger partial charge on any atom is 0.256 e. The number of ether oxygens (including phenoxy) is 4. The lowest BCUT2D eigenvalue weighted by molar-refractivity contribution is 0.0687. The number of carbonyl (C=O) groups excluding carboxylic acids is 4. The van der Waals surface area contributed by atoms with Gasteiger partial charge in [0.15, 0.2) is 0 Å². The van der Waals surface area contributed by atoms with Gasteiger partial charge in [-0.2, -0.15) is 38.3 Å². The lowest BCUT2D eigenvalue weighted by Gasteiger charge is -2.34. The number of aryl methyl sites for hydroxylation is 5. The zero-order chi connectivity index (χ0) is 101. The molecule has 4 fully saturated rings. The van der Waals surface area contributed by atoms with Crippen LogP contribution in [0, 0.1) is 91.6 Å². The van der Waals surface area contributed by atoms with Gasteiger partial charge in [0.25, 0.3) is 23.6 Å². The van der Waals surface area contributed by atoms with Crippen molar-refractivity contribution < 1.29 is 80.6 Å². The Bertz CT molecular complexity index is 6870. The number of carbonyl (C=O) groups is 4. The Morgan fingerprint density at radius 2 is 0.564 bits per heavy atom. The third-order valence-corrected chi connectivity index (χ3v) is 31.4. The van der Waals surface area contributed by atoms with E-state index >= 15 is 0 Å². The van der Waals surface area contributed by atoms with Crippen LogP contribution in [0.5, 0.6) is 46.0 Å². The van der Waals surface area contributed by atoms with Gasteiger partial charge in [-0.3, -0.25) is 19.2 Å². The fourth-order valence-corrected chi connectivity index (χ4v) is 23.1. The highest BCUT2D eigenvalue weighted by Gasteiger charge is 2.39. The first kappa shape index (κ1) is 104. The second-order valence-electron chi connectivity index (χ2n) is 32.4. The lowest BCUT2D eigenvalue weighted by Crippen LogP contribution is -2.50. The molecule has 12 aromatic rings. The minimum absolute atomic E-state index is 0.00895. The van der Waals surface area contributed by atoms with Crippen LogP contribution in [-0.4, -0.2) is 199 Å². The van der Waals surface area contributed by atoms with Gasteiger partial charge in [0.05, 0.1) is 62.7 Å². The number of nitrogens with zero attached hydrogens (tertiary/aromatic N) is 12. The summed E-state index contributed by atoms with van der Waals surface area (Å²) in [7, 11) is -16.2. The minimum Gasteiger partial charge on any atom is -0.456 e. The van der Waals surface area contributed by atoms with E-state index < -0.39 is 57.6 Å². The summed E-state index contributed by atoms with van der Waals surface area (Å²) in [5.74, 6) is -0.583. The lowest BCUT2D eigenvalue weighted by atomic mass is 10.1. The Morgan fingerprint density at radius 3 is 0.850 bits per heavy atom. The first-order valence-corrected chi connectivity index (χ1v) is 50.8. The minimum atomic E-state index is -4.08. The van der Waals surface area contributed by atoms with Crippen molar-refractivity contribution in [1.29, 1.82) is 21.0 Å². The molecule has 12 aromatic carbocycles. The van der Waals surface area contributed by atoms with E-state index in [1.54, 1.807) is 119 Å². The van der Waals surface area contributed by atoms with E-state index in [2.05, 4.69) is 0 Å². The number of hydrogen-bond acceptors (Lipinski definition) is 20. The highest BCUT2D eigenvalue weighted by Crippen LogP contribution is 2.41. The molecule has 0 aliphatic carbocycles. The average molecular weight is 2070 g/mol. The van der Waals surface area contributed by atoms with Crippen LogP contribution < -0.4 is 18.9 Å². The molecule has 0 bridgehead atoms. The van der Waals surface area contributed by atoms with Gasteiger partial charge in [-0.15, -0.1) is 0 Å². The molecule has 0 radical (unpaired) electrons. The van der Waals surface area contributed by atoms with Crippen LogP contribution in [0.25, 0.3) is 0 Å². The summed E-state index contributed by atoms with van der Waals surface area (Å²) in [6, 6.07) is 70.1. The van der Waals surface area contributed by atoms with E-state index in [-0.39, 0.29) is 198 Å². The first-order chi connectivity index (χ1) is 66.7. The summed E-state index contributed by atoms with van der Waals surface area (Å²) in [6.45, 7) is 11.1. The number of benzene rings is 12. The predicted octanol–water partition coefficient (Wildman–Crippen LogP) is 19.1. The summed E-state index contributed by atoms with van der Waals surface area (Å²) >= 11 is 30.6. The molecule has 0 atom stereocenters. The fourth-order valence-electron chi connectivity index (χ4n) is 15.5. The number of halogens is 7. The smallest absolute Gasteiger partial charge is 0.256 e. The molecule has 0 unspecified atom stereocenters. The molecule has 4 amide bonds. The van der Waals surface area contributed by atoms with Crippen LogP contribution in [0.3, 0.4) is 0 Å². The highest BCUT2D eigenvalue weighted by atomic mass is 35.5. The number of sulfonamides is 4. The molecule has 39 heteroatoms. The van der Waals surface area contributed by atoms with Gasteiger partial charge in [0, 0.05) is 136 Å². The summed E-state index contributed by atoms with van der Waals surface area (Å²) in [4.78, 5) is 56.8. The van der Waals surface area contributed by atoms with Crippen molar-refractivity contribution >= 4 is 122 Å². The van der Waals surface area contributed by atoms with Crippen LogP contribution in [0.15, 0.2) is 262 Å². The molecule has 4 saturated heterocycles. The monoisotopic (exact) mass is 2060 g/mol. The van der Waals surface area contributed by atoms with Crippen molar-refractivity contribution in [2.24, 2.45) is 0 Å². The zero-order valence-corrected chi connectivity index (χ0v) is 82.6. The van der Waals surface area contributed by atoms with Crippen LogP contribution in [0.1, 0.15) is 91.5 Å². The zero-order valence-electron chi connectivity index (χ0n) is 75.6. The number of rotatable bonds is 20. The standard InChI is InChI=1S/C26H24ClN3O4S.C25H21Cl2N3O4S.2C25H21ClFN3O4S/c1-18-13-21(27)16-22(14-18)34-24-8-7-20(17-28)15-25(24)35(32,33)30-11-9-29(10-12-30)26(31)23-6-4-3-5-19(23)2;1-17-12-19(26)15-20(13-17)34-23-7-6-18(16-28)14-24(23)35(32,33)30-10-8-29(9-11-30)25(31)21-4-2-3-5-22(21)27;1-17-11-20(26)15-22(12-17)34-23-6-5-18(16-28)13-24(23)35(32,33)30-9-7-29(8-10-30)25(31)19-3-2-4-21(27)14-19;1-17-12-19(26)15-20(13-17)34-23-7-6-18(16-28)14-24(23)35(32,33)30-10-8-29(9-11-30)25(31)21-4-2-3-5-22(21)27/h3-8,13-16H,9-12H2,1-2H3;2-7,12-15H,8-11H2,1H3;2-6,11-15H,7-10H2,1H3;2-7,12-15H,8-11H2,1H3. The topological polar surface area (TPSA) is 363 Å². The van der Waals surface area contributed by atoms with Gasteiger partial charge < -0.3 is 38.5 Å². The summed E-state index contributed by atoms with van der Waals surface area (Å²) < 4.78 is 165. The summed E-state index contributed by atoms with van der Waals surface area (Å²) in [5, 5.41) is 39.5. The molecule has 0 spiro atoms. The SMILES string of the molecule is Cc1cc(Cl)cc(Oc2ccc(C#N)cc2S(=O)(=O)N2CCN(C(=O)c3cccc(F)c3)CC2)c1.Cc1cc(Cl)cc(Oc2ccc(C#N)cc2S(=O)(=O)N2CCN(C(=O)c3ccccc3C)CC2)c1.Cc1cc(Cl)cc(Oc2ccc(C#N)cc2S(=O)(=O)N2CCN(C(=O)c3ccccc3Cl)CC2)c1.Cc1cc(Cl)cc(Oc2ccc(C#N)cc2S(=O)(=O)N2CCN(C(=O)c3ccccc3F)CC2)c1. The molecule has 720 valence electrons. The maximum atomic E-state index is 14.0. The largest absolute Gasteiger partial charge is 0.456 e. The molecular formula is C101H87Cl5F2N12O16S4. The van der Waals surface area contributed by atoms with Crippen LogP contribution in [-0.2, 0) is 40.1 Å². The van der Waals surface area contributed by atoms with Gasteiger partial charge >= 0.3 is 0 Å². The van der Waals surface area contributed by atoms with E-state index in [0.29, 0.717) is 59.2 Å². The molecule has 0 aromatic heterocycles. The Kier molecular flexibility index (Phi) is 33.9. The van der Waals surface area contributed by atoms with Crippen molar-refractivity contribution in [2.45, 2.75) is 54.2 Å². The third-order valence-electron chi connectivity index (χ3n) is 22.5. The van der Waals surface area contributed by atoms with Gasteiger partial charge in [0.2, 0.25) is 40.1 Å². The quantitative estimate of drug-likeness (QED) is 0.0684. The van der Waals surface area contributed by atoms with Crippen LogP contribution in [0.2, 0.25) is 25.1 Å². The van der Waals surface area contributed by atoms with Crippen LogP contribution in [0.4, 0.5) is 8.78 Å². The van der Waals surface area contributed by atoms with Crippen molar-refractivity contribution in [3.8, 4) is 70.3 Å². The molecule has 4 aliphatic rings. The highest BCUT2D eigenvalue weighted by molar-refractivity contribution is 7.90. The maximum absolute atomic E-state index is 14.0. The van der Waals surface area contributed by atoms with E-state index in [9.17, 15) is 82.7 Å². The van der Waals surface area contributed by atoms with E-state index in [1.807, 2.05) is 77.1 Å². The fraction of sp³-hybridized carbons (Fsp3) is 0.208. The van der Waals surface area contributed by atoms with E-state index in [1.165, 1.54) is 136 Å². The van der Waals surface area contributed by atoms with Gasteiger partial charge in [-0.05, 0) is 257 Å². The van der Waals surface area contributed by atoms with Gasteiger partial charge in [-0.25, -0.2) is 42.5 Å². The van der Waals surface area contributed by atoms with Crippen molar-refractivity contribution in [2.75, 3.05) is 105 Å². The Labute approximate surface area is 834 Å². The second-order valence-corrected chi connectivity index (χ2v) is 42.2. The molecule has 28 nitrogen and oxygen atoms in total. The first-order valence-electron chi connectivity index (χ1n) is 43.2.